The molecule has 0 bridgehead atoms. The number of aromatic nitrogens is 5. The fourth-order valence-electron chi connectivity index (χ4n) is 3.71. The molecule has 4 rings (SSSR count). The maximum atomic E-state index is 13.3. The van der Waals surface area contributed by atoms with Crippen molar-refractivity contribution in [1.29, 1.82) is 0 Å². The normalized spacial score (nSPS) is 15.0. The number of hydrogen-bond acceptors (Lipinski definition) is 6. The largest absolute Gasteiger partial charge is 0.351 e. The van der Waals surface area contributed by atoms with E-state index in [9.17, 15) is 9.59 Å². The van der Waals surface area contributed by atoms with Crippen LogP contribution in [0.2, 0.25) is 5.02 Å². The highest BCUT2D eigenvalue weighted by Crippen LogP contribution is 2.28. The molecule has 10 heteroatoms. The van der Waals surface area contributed by atoms with E-state index in [0.717, 1.165) is 37.7 Å². The number of halogens is 1. The van der Waals surface area contributed by atoms with Gasteiger partial charge in [0.1, 0.15) is 23.5 Å². The van der Waals surface area contributed by atoms with Crippen molar-refractivity contribution in [2.24, 2.45) is 7.05 Å². The second-order valence-corrected chi connectivity index (χ2v) is 7.95. The molecular weight excluding hydrogens is 418 g/mol. The van der Waals surface area contributed by atoms with Gasteiger partial charge in [-0.15, -0.1) is 0 Å². The van der Waals surface area contributed by atoms with E-state index in [1.807, 2.05) is 13.2 Å². The minimum absolute atomic E-state index is 0.203. The number of nitrogens with zero attached hydrogens (tertiary/aromatic N) is 5. The molecule has 1 aliphatic rings. The zero-order valence-corrected chi connectivity index (χ0v) is 18.0. The Hall–Kier alpha value is -3.20. The zero-order chi connectivity index (χ0) is 21.8. The zero-order valence-electron chi connectivity index (χ0n) is 17.3. The average Bonchev–Trinajstić information content (AvgIpc) is 3.17. The van der Waals surface area contributed by atoms with E-state index in [1.54, 1.807) is 17.1 Å². The number of carbonyl (C=O) groups is 1. The van der Waals surface area contributed by atoms with E-state index in [2.05, 4.69) is 25.7 Å². The van der Waals surface area contributed by atoms with Gasteiger partial charge >= 0.3 is 0 Å². The van der Waals surface area contributed by atoms with Crippen LogP contribution in [0, 0.1) is 0 Å². The summed E-state index contributed by atoms with van der Waals surface area (Å²) in [6.45, 7) is 0.995. The first-order valence-electron chi connectivity index (χ1n) is 10.3. The maximum Gasteiger partial charge on any atom is 0.274 e. The molecule has 4 heterocycles. The van der Waals surface area contributed by atoms with Crippen molar-refractivity contribution in [3.05, 3.63) is 52.1 Å². The summed E-state index contributed by atoms with van der Waals surface area (Å²) < 4.78 is 3.15. The van der Waals surface area contributed by atoms with Gasteiger partial charge in [0.25, 0.3) is 11.5 Å². The second kappa shape index (κ2) is 9.30. The minimum atomic E-state index is -0.325. The summed E-state index contributed by atoms with van der Waals surface area (Å²) in [5.41, 5.74) is 1.65. The summed E-state index contributed by atoms with van der Waals surface area (Å²) >= 11 is 6.49. The number of carbonyl (C=O) groups excluding carboxylic acids is 1. The third kappa shape index (κ3) is 4.61. The Labute approximate surface area is 184 Å². The van der Waals surface area contributed by atoms with Crippen LogP contribution in [0.4, 0.5) is 11.5 Å². The van der Waals surface area contributed by atoms with Crippen molar-refractivity contribution < 1.29 is 4.79 Å². The molecule has 3 aromatic heterocycles. The van der Waals surface area contributed by atoms with Gasteiger partial charge in [0.05, 0.1) is 11.2 Å². The predicted octanol–water partition coefficient (Wildman–Crippen LogP) is 3.13. The van der Waals surface area contributed by atoms with Crippen LogP contribution < -0.4 is 16.2 Å². The Morgan fingerprint density at radius 3 is 2.74 bits per heavy atom. The molecule has 162 valence electrons. The van der Waals surface area contributed by atoms with Crippen molar-refractivity contribution >= 4 is 29.0 Å². The first-order chi connectivity index (χ1) is 15.0. The first kappa shape index (κ1) is 21.0. The molecule has 0 saturated carbocycles. The Kier molecular flexibility index (Phi) is 6.31. The number of amides is 1. The van der Waals surface area contributed by atoms with Crippen LogP contribution in [-0.2, 0) is 13.6 Å². The number of rotatable bonds is 3. The molecule has 31 heavy (non-hydrogen) atoms. The van der Waals surface area contributed by atoms with E-state index in [-0.39, 0.29) is 27.9 Å². The lowest BCUT2D eigenvalue weighted by molar-refractivity contribution is 0.0943. The Bertz CT molecular complexity index is 1150. The van der Waals surface area contributed by atoms with Crippen molar-refractivity contribution in [3.8, 4) is 11.1 Å². The van der Waals surface area contributed by atoms with Crippen LogP contribution >= 0.6 is 11.6 Å². The van der Waals surface area contributed by atoms with Crippen LogP contribution in [0.5, 0.6) is 0 Å². The van der Waals surface area contributed by atoms with E-state index < -0.39 is 0 Å². The molecule has 1 amide bonds. The van der Waals surface area contributed by atoms with Gasteiger partial charge in [-0.1, -0.05) is 30.9 Å². The van der Waals surface area contributed by atoms with E-state index in [1.165, 1.54) is 17.0 Å². The molecule has 0 radical (unpaired) electrons. The quantitative estimate of drug-likeness (QED) is 0.646. The van der Waals surface area contributed by atoms with E-state index in [0.29, 0.717) is 24.5 Å². The molecule has 3 aromatic rings. The topological polar surface area (TPSA) is 107 Å². The van der Waals surface area contributed by atoms with Gasteiger partial charge in [-0.2, -0.15) is 5.10 Å². The van der Waals surface area contributed by atoms with Gasteiger partial charge in [0, 0.05) is 43.7 Å². The van der Waals surface area contributed by atoms with Gasteiger partial charge in [-0.3, -0.25) is 14.3 Å². The summed E-state index contributed by atoms with van der Waals surface area (Å²) in [4.78, 5) is 34.4. The lowest BCUT2D eigenvalue weighted by Crippen LogP contribution is -2.34. The highest BCUT2D eigenvalue weighted by atomic mass is 35.5. The van der Waals surface area contributed by atoms with Gasteiger partial charge in [-0.25, -0.2) is 9.97 Å². The van der Waals surface area contributed by atoms with Gasteiger partial charge in [-0.05, 0) is 18.9 Å². The van der Waals surface area contributed by atoms with Crippen molar-refractivity contribution in [1.82, 2.24) is 29.6 Å². The third-order valence-electron chi connectivity index (χ3n) is 5.28. The molecule has 0 aromatic carbocycles. The van der Waals surface area contributed by atoms with Gasteiger partial charge in [0.2, 0.25) is 0 Å². The van der Waals surface area contributed by atoms with Gasteiger partial charge < -0.3 is 15.2 Å². The third-order valence-corrected chi connectivity index (χ3v) is 5.57. The van der Waals surface area contributed by atoms with Crippen molar-refractivity contribution in [2.75, 3.05) is 11.9 Å². The fraction of sp³-hybridized carbons (Fsp3) is 0.381. The number of aryl methyl sites for hydroxylation is 1. The molecule has 0 atom stereocenters. The minimum Gasteiger partial charge on any atom is -0.351 e. The van der Waals surface area contributed by atoms with Crippen LogP contribution in [0.1, 0.15) is 42.6 Å². The van der Waals surface area contributed by atoms with Crippen molar-refractivity contribution in [2.45, 2.75) is 38.6 Å². The molecule has 9 nitrogen and oxygen atoms in total. The average molecular weight is 442 g/mol. The van der Waals surface area contributed by atoms with E-state index >= 15 is 0 Å². The summed E-state index contributed by atoms with van der Waals surface area (Å²) in [5, 5.41) is 10.4. The first-order valence-corrected chi connectivity index (χ1v) is 10.7. The van der Waals surface area contributed by atoms with E-state index in [4.69, 9.17) is 11.6 Å². The lowest BCUT2D eigenvalue weighted by atomic mass is 10.1. The summed E-state index contributed by atoms with van der Waals surface area (Å²) in [6.07, 6.45) is 11.4. The molecule has 0 spiro atoms. The van der Waals surface area contributed by atoms with Crippen LogP contribution in [0.15, 0.2) is 35.8 Å². The Morgan fingerprint density at radius 1 is 1.13 bits per heavy atom. The summed E-state index contributed by atoms with van der Waals surface area (Å²) in [7, 11) is 1.82. The summed E-state index contributed by atoms with van der Waals surface area (Å²) in [6, 6.07) is 1.49. The number of pyridine rings is 1. The molecule has 2 N–H and O–H groups in total. The molecule has 0 saturated heterocycles. The molecule has 1 aliphatic heterocycles. The smallest absolute Gasteiger partial charge is 0.274 e. The van der Waals surface area contributed by atoms with Crippen molar-refractivity contribution in [3.63, 3.8) is 0 Å². The number of fused-ring (bicyclic) bond motifs is 1. The molecule has 0 fully saturated rings. The highest BCUT2D eigenvalue weighted by Gasteiger charge is 2.21. The standard InChI is InChI=1S/C21H24ClN7O2/c1-28-12-14(10-26-28)15-11-23-13-25-19(15)27-17-9-16(22)18-20(30)24-7-5-3-2-4-6-8-29(18)21(17)31/h9-13H,2-8H2,1H3,(H,24,30)(H,23,25,27). The van der Waals surface area contributed by atoms with Gasteiger partial charge in [0.15, 0.2) is 0 Å². The summed E-state index contributed by atoms with van der Waals surface area (Å²) in [5.74, 6) is 0.131. The Balaban J connectivity index is 1.74. The predicted molar refractivity (Wildman–Crippen MR) is 119 cm³/mol. The Morgan fingerprint density at radius 2 is 1.94 bits per heavy atom. The number of hydrogen-bond donors (Lipinski definition) is 2. The second-order valence-electron chi connectivity index (χ2n) is 7.55. The molecule has 0 aliphatic carbocycles. The SMILES string of the molecule is Cn1cc(-c2cncnc2Nc2cc(Cl)c3n(c2=O)CCCCCCCNC3=O)cn1. The molecule has 0 unspecified atom stereocenters. The highest BCUT2D eigenvalue weighted by molar-refractivity contribution is 6.33. The monoisotopic (exact) mass is 441 g/mol. The van der Waals surface area contributed by atoms with Crippen LogP contribution in [-0.4, -0.2) is 36.8 Å². The fourth-order valence-corrected chi connectivity index (χ4v) is 4.00. The van der Waals surface area contributed by atoms with Crippen LogP contribution in [0.25, 0.3) is 11.1 Å². The number of nitrogens with one attached hydrogen (secondary N) is 2. The van der Waals surface area contributed by atoms with Crippen LogP contribution in [0.3, 0.4) is 0 Å². The molecular formula is C21H24ClN7O2. The lowest BCUT2D eigenvalue weighted by Gasteiger charge is -2.17. The number of anilines is 2. The maximum absolute atomic E-state index is 13.3.